The van der Waals surface area contributed by atoms with Crippen LogP contribution in [-0.2, 0) is 42.2 Å². The van der Waals surface area contributed by atoms with Gasteiger partial charge in [0.1, 0.15) is 0 Å². The Morgan fingerprint density at radius 2 is 0.859 bits per heavy atom. The Balaban J connectivity index is 0.000000202. The van der Waals surface area contributed by atoms with Crippen molar-refractivity contribution in [2.75, 3.05) is 70.9 Å². The number of aromatic nitrogens is 8. The number of sulfonamides is 2. The van der Waals surface area contributed by atoms with Gasteiger partial charge in [0.05, 0.1) is 34.0 Å². The number of halogens is 5. The van der Waals surface area contributed by atoms with Crippen LogP contribution in [0.25, 0.3) is 43.9 Å². The molecule has 2 aliphatic carbocycles. The minimum atomic E-state index is -3.72. The molecule has 4 aromatic heterocycles. The van der Waals surface area contributed by atoms with Crippen molar-refractivity contribution < 1.29 is 25.3 Å². The molecule has 0 atom stereocenters. The number of benzene rings is 6. The second kappa shape index (κ2) is 34.8. The second-order valence-corrected chi connectivity index (χ2v) is 33.7. The lowest BCUT2D eigenvalue weighted by Gasteiger charge is -2.29. The van der Waals surface area contributed by atoms with Gasteiger partial charge in [0.25, 0.3) is 9.05 Å². The van der Waals surface area contributed by atoms with Crippen LogP contribution in [0, 0.1) is 0 Å². The predicted octanol–water partition coefficient (Wildman–Crippen LogP) is 15.6. The third-order valence-corrected chi connectivity index (χ3v) is 21.5. The number of hydrogen-bond acceptors (Lipinski definition) is 18. The zero-order chi connectivity index (χ0) is 70.6. The standard InChI is InChI=1S/C33H39BrN8O2S.C22H30BrN7O2S.C12H12ClNO2S.CH2Cl2.CH4/c1-21(2)42-20-36-30-31(35-19-22-11-13-23(34)14-12-22)38-33(39-32(30)42)37-24-15-17-25(18-16-24)40-45(43,44)29-10-6-7-26-27(29)8-5-9-28(26)41(3)4;1-14(2)30-13-25-19-20(24-12-15-4-6-16(23)7-5-15)27-22(28-21(19)30)26-17-8-10-18(11-9-17)29-33(3,31)32;1-14(2)11-7-3-6-10-9(11)5-4-8-12(10)17(13,15)16;2-1-3;/h5-14,20-21,24-25,40H,15-19H2,1-4H3,(H2,35,37,38,39);4-7,13-14,17-18,29H,8-12H2,1-3H3,(H2,24,26,27,28);3-8H,1-2H3;1H2;1H4. The quantitative estimate of drug-likeness (QED) is 0.0306. The molecule has 0 aliphatic heterocycles. The minimum Gasteiger partial charge on any atom is -0.377 e. The van der Waals surface area contributed by atoms with Crippen LogP contribution in [0.4, 0.5) is 34.9 Å². The van der Waals surface area contributed by atoms with E-state index < -0.39 is 29.1 Å². The summed E-state index contributed by atoms with van der Waals surface area (Å²) in [6, 6.07) is 38.8. The summed E-state index contributed by atoms with van der Waals surface area (Å²) in [6.07, 6.45) is 11.1. The molecule has 0 radical (unpaired) electrons. The second-order valence-electron chi connectivity index (χ2n) is 25.1. The first kappa shape index (κ1) is 78.1. The van der Waals surface area contributed by atoms with E-state index in [0.29, 0.717) is 59.7 Å². The molecule has 0 spiro atoms. The molecule has 30 heteroatoms. The zero-order valence-corrected chi connectivity index (χ0v) is 63.9. The number of imidazole rings is 2. The van der Waals surface area contributed by atoms with Gasteiger partial charge in [-0.25, -0.2) is 44.7 Å². The summed E-state index contributed by atoms with van der Waals surface area (Å²) < 4.78 is 85.1. The molecule has 22 nitrogen and oxygen atoms in total. The van der Waals surface area contributed by atoms with E-state index in [1.54, 1.807) is 24.5 Å². The van der Waals surface area contributed by atoms with Crippen molar-refractivity contribution in [1.82, 2.24) is 48.5 Å². The van der Waals surface area contributed by atoms with Gasteiger partial charge < -0.3 is 40.2 Å². The highest BCUT2D eigenvalue weighted by Crippen LogP contribution is 2.35. The molecule has 99 heavy (non-hydrogen) atoms. The van der Waals surface area contributed by atoms with Crippen molar-refractivity contribution in [2.24, 2.45) is 0 Å². The Morgan fingerprint density at radius 3 is 1.23 bits per heavy atom. The number of rotatable bonds is 20. The van der Waals surface area contributed by atoms with Gasteiger partial charge in [0, 0.05) is 130 Å². The smallest absolute Gasteiger partial charge is 0.261 e. The van der Waals surface area contributed by atoms with Crippen molar-refractivity contribution in [2.45, 2.75) is 146 Å². The molecule has 2 fully saturated rings. The molecule has 0 bridgehead atoms. The van der Waals surface area contributed by atoms with Gasteiger partial charge in [-0.2, -0.15) is 19.9 Å². The Bertz CT molecular complexity index is 4710. The number of hydrogen-bond donors (Lipinski definition) is 6. The monoisotopic (exact) mass is 1590 g/mol. The highest BCUT2D eigenvalue weighted by atomic mass is 79.9. The average molecular weight is 1600 g/mol. The highest BCUT2D eigenvalue weighted by Gasteiger charge is 2.29. The number of nitrogens with zero attached hydrogens (tertiary/aromatic N) is 10. The fourth-order valence-corrected chi connectivity index (χ4v) is 15.9. The Kier molecular flexibility index (Phi) is 27.4. The van der Waals surface area contributed by atoms with Crippen LogP contribution >= 0.6 is 65.7 Å². The fourth-order valence-electron chi connectivity index (χ4n) is 12.0. The lowest BCUT2D eigenvalue weighted by molar-refractivity contribution is 0.386. The van der Waals surface area contributed by atoms with Gasteiger partial charge in [0.15, 0.2) is 34.0 Å². The number of fused-ring (bicyclic) bond motifs is 4. The molecular formula is C69H87Br2Cl3N16O6S3. The molecule has 4 heterocycles. The van der Waals surface area contributed by atoms with Crippen LogP contribution in [0.2, 0.25) is 0 Å². The van der Waals surface area contributed by atoms with Gasteiger partial charge in [-0.3, -0.25) is 0 Å². The Labute approximate surface area is 613 Å². The normalized spacial score (nSPS) is 16.4. The molecule has 2 aliphatic rings. The number of alkyl halides is 2. The van der Waals surface area contributed by atoms with Crippen molar-refractivity contribution in [3.05, 3.63) is 154 Å². The molecule has 0 amide bonds. The first-order chi connectivity index (χ1) is 46.6. The molecular weight excluding hydrogens is 1510 g/mol. The van der Waals surface area contributed by atoms with Crippen LogP contribution < -0.4 is 40.5 Å². The predicted molar refractivity (Wildman–Crippen MR) is 415 cm³/mol. The molecule has 0 unspecified atom stereocenters. The van der Waals surface area contributed by atoms with E-state index in [1.807, 2.05) is 126 Å². The van der Waals surface area contributed by atoms with E-state index in [1.165, 1.54) is 12.3 Å². The molecule has 10 aromatic rings. The van der Waals surface area contributed by atoms with E-state index in [9.17, 15) is 25.3 Å². The minimum absolute atomic E-state index is 0. The summed E-state index contributed by atoms with van der Waals surface area (Å²) in [5.74, 6) is 2.47. The van der Waals surface area contributed by atoms with Crippen LogP contribution in [-0.4, -0.2) is 128 Å². The lowest BCUT2D eigenvalue weighted by atomic mass is 9.92. The van der Waals surface area contributed by atoms with Crippen LogP contribution in [0.15, 0.2) is 153 Å². The largest absolute Gasteiger partial charge is 0.377 e. The van der Waals surface area contributed by atoms with Crippen LogP contribution in [0.1, 0.15) is 110 Å². The van der Waals surface area contributed by atoms with Gasteiger partial charge in [-0.15, -0.1) is 23.2 Å². The summed E-state index contributed by atoms with van der Waals surface area (Å²) in [5.41, 5.74) is 7.25. The van der Waals surface area contributed by atoms with Gasteiger partial charge in [-0.1, -0.05) is 112 Å². The first-order valence-corrected chi connectivity index (χ1v) is 40.4. The lowest BCUT2D eigenvalue weighted by Crippen LogP contribution is -2.40. The number of anilines is 6. The third kappa shape index (κ3) is 20.8. The summed E-state index contributed by atoms with van der Waals surface area (Å²) in [7, 11) is 2.57. The topological polar surface area (TPSA) is 268 Å². The first-order valence-electron chi connectivity index (χ1n) is 32.0. The van der Waals surface area contributed by atoms with Crippen molar-refractivity contribution in [1.29, 1.82) is 0 Å². The zero-order valence-electron chi connectivity index (χ0n) is 56.0. The van der Waals surface area contributed by atoms with E-state index in [4.69, 9.17) is 53.8 Å². The number of nitrogens with one attached hydrogen (secondary N) is 6. The van der Waals surface area contributed by atoms with E-state index >= 15 is 0 Å². The summed E-state index contributed by atoms with van der Waals surface area (Å²) in [4.78, 5) is 32.8. The van der Waals surface area contributed by atoms with Gasteiger partial charge in [-0.05, 0) is 139 Å². The van der Waals surface area contributed by atoms with Gasteiger partial charge >= 0.3 is 0 Å². The maximum Gasteiger partial charge on any atom is 0.261 e. The molecule has 12 rings (SSSR count). The summed E-state index contributed by atoms with van der Waals surface area (Å²) in [6.45, 7) is 9.63. The van der Waals surface area contributed by atoms with E-state index in [-0.39, 0.29) is 53.9 Å². The SMILES string of the molecule is C.CC(C)n1cnc2c(NCc3ccc(Br)cc3)nc(NC3CCC(NS(=O)(=O)c4cccc5c(N(C)C)cccc45)CC3)nc21.CC(C)n1cnc2c(NCc3ccc(Br)cc3)nc(NC3CCC(NS(C)(=O)=O)CC3)nc21.CN(C)c1cccc2c(S(=O)(=O)Cl)cccc12.ClCCl. The van der Waals surface area contributed by atoms with Crippen LogP contribution in [0.3, 0.4) is 0 Å². The summed E-state index contributed by atoms with van der Waals surface area (Å²) in [5, 5.41) is 17.3. The average Bonchev–Trinajstić information content (AvgIpc) is 1.50. The molecule has 6 N–H and O–H groups in total. The maximum absolute atomic E-state index is 13.6. The van der Waals surface area contributed by atoms with Crippen LogP contribution in [0.5, 0.6) is 0 Å². The van der Waals surface area contributed by atoms with Gasteiger partial charge in [0.2, 0.25) is 31.9 Å². The third-order valence-electron chi connectivity index (χ3n) is 16.8. The van der Waals surface area contributed by atoms with E-state index in [0.717, 1.165) is 108 Å². The highest BCUT2D eigenvalue weighted by molar-refractivity contribution is 9.10. The molecule has 0 saturated heterocycles. The fraction of sp³-hybridized carbons (Fsp3) is 0.391. The molecule has 532 valence electrons. The molecule has 6 aromatic carbocycles. The Hall–Kier alpha value is -6.66. The Morgan fingerprint density at radius 1 is 0.505 bits per heavy atom. The molecule has 2 saturated carbocycles. The van der Waals surface area contributed by atoms with E-state index in [2.05, 4.69) is 124 Å². The van der Waals surface area contributed by atoms with Crippen molar-refractivity contribution in [3.63, 3.8) is 0 Å². The van der Waals surface area contributed by atoms with Crippen molar-refractivity contribution in [3.8, 4) is 0 Å². The summed E-state index contributed by atoms with van der Waals surface area (Å²) >= 11 is 16.5. The van der Waals surface area contributed by atoms with Crippen molar-refractivity contribution >= 4 is 174 Å². The maximum atomic E-state index is 13.6.